The van der Waals surface area contributed by atoms with Crippen LogP contribution in [-0.2, 0) is 11.2 Å². The molecule has 1 atom stereocenters. The smallest absolute Gasteiger partial charge is 0.220 e. The number of aryl methyl sites for hydroxylation is 1. The quantitative estimate of drug-likeness (QED) is 0.758. The molecule has 1 aromatic carbocycles. The molecule has 0 radical (unpaired) electrons. The van der Waals surface area contributed by atoms with Gasteiger partial charge in [0, 0.05) is 13.0 Å². The van der Waals surface area contributed by atoms with Gasteiger partial charge in [0.25, 0.3) is 0 Å². The summed E-state index contributed by atoms with van der Waals surface area (Å²) in [6, 6.07) is 8.80. The van der Waals surface area contributed by atoms with E-state index in [9.17, 15) is 4.79 Å². The molecule has 0 saturated heterocycles. The second kappa shape index (κ2) is 12.7. The summed E-state index contributed by atoms with van der Waals surface area (Å²) in [6.45, 7) is 3.33. The Kier molecular flexibility index (Phi) is 13.5. The minimum Gasteiger partial charge on any atom is -0.354 e. The summed E-state index contributed by atoms with van der Waals surface area (Å²) in [5.74, 6) is 0.0764. The Balaban J connectivity index is 0. The Bertz CT molecular complexity index is 410. The van der Waals surface area contributed by atoms with Gasteiger partial charge >= 0.3 is 0 Å². The van der Waals surface area contributed by atoms with Gasteiger partial charge in [-0.25, -0.2) is 0 Å². The molecule has 0 aliphatic heterocycles. The summed E-state index contributed by atoms with van der Waals surface area (Å²) in [4.78, 5) is 13.8. The molecule has 1 unspecified atom stereocenters. The van der Waals surface area contributed by atoms with Crippen molar-refractivity contribution in [1.82, 2.24) is 10.2 Å². The van der Waals surface area contributed by atoms with Crippen molar-refractivity contribution in [3.63, 3.8) is 0 Å². The standard InChI is InChI=1S/C16H27N3O.2ClH/c1-4-13-7-9-14(10-8-13)15(19(2)3)12-18-16(20)6-5-11-17;;/h7-10,15H,4-6,11-12,17H2,1-3H3,(H,18,20);2*1H. The van der Waals surface area contributed by atoms with E-state index in [1.807, 2.05) is 14.1 Å². The normalized spacial score (nSPS) is 11.3. The Morgan fingerprint density at radius 1 is 1.23 bits per heavy atom. The van der Waals surface area contributed by atoms with Crippen LogP contribution in [0.25, 0.3) is 0 Å². The number of likely N-dealkylation sites (N-methyl/N-ethyl adjacent to an activating group) is 1. The molecule has 0 heterocycles. The molecule has 0 saturated carbocycles. The summed E-state index contributed by atoms with van der Waals surface area (Å²) in [5.41, 5.74) is 7.97. The molecule has 1 rings (SSSR count). The zero-order valence-electron chi connectivity index (χ0n) is 13.7. The van der Waals surface area contributed by atoms with E-state index >= 15 is 0 Å². The maximum absolute atomic E-state index is 11.7. The third-order valence-corrected chi connectivity index (χ3v) is 3.50. The van der Waals surface area contributed by atoms with Gasteiger partial charge in [-0.2, -0.15) is 0 Å². The number of carbonyl (C=O) groups excluding carboxylic acids is 1. The second-order valence-corrected chi connectivity index (χ2v) is 5.27. The van der Waals surface area contributed by atoms with Crippen LogP contribution < -0.4 is 11.1 Å². The van der Waals surface area contributed by atoms with Gasteiger partial charge in [0.15, 0.2) is 0 Å². The molecular formula is C16H29Cl2N3O. The molecule has 0 spiro atoms. The molecular weight excluding hydrogens is 321 g/mol. The maximum Gasteiger partial charge on any atom is 0.220 e. The molecule has 128 valence electrons. The molecule has 0 bridgehead atoms. The summed E-state index contributed by atoms with van der Waals surface area (Å²) >= 11 is 0. The fourth-order valence-corrected chi connectivity index (χ4v) is 2.14. The molecule has 1 amide bonds. The monoisotopic (exact) mass is 349 g/mol. The van der Waals surface area contributed by atoms with Gasteiger partial charge in [-0.1, -0.05) is 31.2 Å². The Morgan fingerprint density at radius 2 is 1.82 bits per heavy atom. The lowest BCUT2D eigenvalue weighted by Gasteiger charge is -2.25. The van der Waals surface area contributed by atoms with Gasteiger partial charge in [-0.15, -0.1) is 24.8 Å². The molecule has 4 nitrogen and oxygen atoms in total. The van der Waals surface area contributed by atoms with Crippen molar-refractivity contribution in [3.05, 3.63) is 35.4 Å². The van der Waals surface area contributed by atoms with Crippen LogP contribution >= 0.6 is 24.8 Å². The molecule has 0 aliphatic rings. The molecule has 6 heteroatoms. The van der Waals surface area contributed by atoms with E-state index in [1.165, 1.54) is 11.1 Å². The van der Waals surface area contributed by atoms with E-state index in [1.54, 1.807) is 0 Å². The van der Waals surface area contributed by atoms with Gasteiger partial charge in [0.2, 0.25) is 5.91 Å². The number of amides is 1. The van der Waals surface area contributed by atoms with Crippen molar-refractivity contribution in [2.75, 3.05) is 27.2 Å². The van der Waals surface area contributed by atoms with Crippen LogP contribution in [0.5, 0.6) is 0 Å². The first-order valence-corrected chi connectivity index (χ1v) is 7.30. The van der Waals surface area contributed by atoms with Gasteiger partial charge in [-0.05, 0) is 44.6 Å². The number of nitrogens with one attached hydrogen (secondary N) is 1. The zero-order valence-corrected chi connectivity index (χ0v) is 15.3. The number of rotatable bonds is 8. The van der Waals surface area contributed by atoms with E-state index in [2.05, 4.69) is 41.4 Å². The minimum absolute atomic E-state index is 0. The lowest BCUT2D eigenvalue weighted by molar-refractivity contribution is -0.121. The maximum atomic E-state index is 11.7. The minimum atomic E-state index is 0. The number of nitrogens with zero attached hydrogens (tertiary/aromatic N) is 1. The summed E-state index contributed by atoms with van der Waals surface area (Å²) in [6.07, 6.45) is 2.29. The Hall–Kier alpha value is -0.810. The molecule has 3 N–H and O–H groups in total. The SMILES string of the molecule is CCc1ccc(C(CNC(=O)CCCN)N(C)C)cc1.Cl.Cl. The topological polar surface area (TPSA) is 58.4 Å². The number of hydrogen-bond acceptors (Lipinski definition) is 3. The van der Waals surface area contributed by atoms with Gasteiger partial charge in [-0.3, -0.25) is 4.79 Å². The third kappa shape index (κ3) is 7.99. The predicted molar refractivity (Wildman–Crippen MR) is 98.0 cm³/mol. The number of nitrogens with two attached hydrogens (primary N) is 1. The summed E-state index contributed by atoms with van der Waals surface area (Å²) in [7, 11) is 4.06. The fraction of sp³-hybridized carbons (Fsp3) is 0.562. The predicted octanol–water partition coefficient (Wildman–Crippen LogP) is 2.55. The van der Waals surface area contributed by atoms with Crippen molar-refractivity contribution in [3.8, 4) is 0 Å². The average Bonchev–Trinajstić information content (AvgIpc) is 2.45. The molecule has 22 heavy (non-hydrogen) atoms. The largest absolute Gasteiger partial charge is 0.354 e. The molecule has 0 aliphatic carbocycles. The van der Waals surface area contributed by atoms with Crippen LogP contribution in [0.2, 0.25) is 0 Å². The van der Waals surface area contributed by atoms with Crippen LogP contribution in [0, 0.1) is 0 Å². The summed E-state index contributed by atoms with van der Waals surface area (Å²) < 4.78 is 0. The number of halogens is 2. The van der Waals surface area contributed by atoms with Crippen LogP contribution in [0.4, 0.5) is 0 Å². The summed E-state index contributed by atoms with van der Waals surface area (Å²) in [5, 5.41) is 2.99. The van der Waals surface area contributed by atoms with Gasteiger partial charge < -0.3 is 16.0 Å². The van der Waals surface area contributed by atoms with Crippen molar-refractivity contribution in [2.24, 2.45) is 5.73 Å². The highest BCUT2D eigenvalue weighted by Gasteiger charge is 2.15. The number of benzene rings is 1. The first-order chi connectivity index (χ1) is 9.58. The van der Waals surface area contributed by atoms with Gasteiger partial charge in [0.05, 0.1) is 6.04 Å². The van der Waals surface area contributed by atoms with Crippen molar-refractivity contribution in [1.29, 1.82) is 0 Å². The van der Waals surface area contributed by atoms with Crippen LogP contribution in [0.3, 0.4) is 0 Å². The van der Waals surface area contributed by atoms with Crippen molar-refractivity contribution in [2.45, 2.75) is 32.2 Å². The van der Waals surface area contributed by atoms with Gasteiger partial charge in [0.1, 0.15) is 0 Å². The number of hydrogen-bond donors (Lipinski definition) is 2. The van der Waals surface area contributed by atoms with E-state index in [-0.39, 0.29) is 36.8 Å². The first kappa shape index (κ1) is 23.5. The molecule has 0 aromatic heterocycles. The van der Waals surface area contributed by atoms with Crippen LogP contribution in [-0.4, -0.2) is 38.0 Å². The second-order valence-electron chi connectivity index (χ2n) is 5.27. The van der Waals surface area contributed by atoms with Crippen LogP contribution in [0.15, 0.2) is 24.3 Å². The van der Waals surface area contributed by atoms with Crippen LogP contribution in [0.1, 0.15) is 36.9 Å². The average molecular weight is 350 g/mol. The van der Waals surface area contributed by atoms with Crippen molar-refractivity contribution >= 4 is 30.7 Å². The highest BCUT2D eigenvalue weighted by Crippen LogP contribution is 2.18. The first-order valence-electron chi connectivity index (χ1n) is 7.30. The third-order valence-electron chi connectivity index (χ3n) is 3.50. The Labute approximate surface area is 146 Å². The lowest BCUT2D eigenvalue weighted by atomic mass is 10.0. The molecule has 0 fully saturated rings. The fourth-order valence-electron chi connectivity index (χ4n) is 2.14. The highest BCUT2D eigenvalue weighted by molar-refractivity contribution is 5.85. The van der Waals surface area contributed by atoms with E-state index in [4.69, 9.17) is 5.73 Å². The van der Waals surface area contributed by atoms with E-state index in [0.29, 0.717) is 19.5 Å². The highest BCUT2D eigenvalue weighted by atomic mass is 35.5. The number of carbonyl (C=O) groups is 1. The van der Waals surface area contributed by atoms with E-state index < -0.39 is 0 Å². The van der Waals surface area contributed by atoms with E-state index in [0.717, 1.165) is 12.8 Å². The molecule has 1 aromatic rings. The zero-order chi connectivity index (χ0) is 15.0. The Morgan fingerprint density at radius 3 is 2.27 bits per heavy atom. The lowest BCUT2D eigenvalue weighted by Crippen LogP contribution is -2.34. The van der Waals surface area contributed by atoms with Crippen molar-refractivity contribution < 1.29 is 4.79 Å².